The third kappa shape index (κ3) is 3.68. The second kappa shape index (κ2) is 6.36. The van der Waals surface area contributed by atoms with E-state index >= 15 is 0 Å². The fourth-order valence-electron chi connectivity index (χ4n) is 2.13. The van der Waals surface area contributed by atoms with E-state index in [1.807, 2.05) is 12.1 Å². The Kier molecular flexibility index (Phi) is 4.78. The molecule has 0 saturated carbocycles. The molecule has 2 aromatic rings. The van der Waals surface area contributed by atoms with E-state index < -0.39 is 6.10 Å². The lowest BCUT2D eigenvalue weighted by Crippen LogP contribution is -2.00. The summed E-state index contributed by atoms with van der Waals surface area (Å²) in [6.07, 6.45) is 1.39. The summed E-state index contributed by atoms with van der Waals surface area (Å²) >= 11 is 1.80. The van der Waals surface area contributed by atoms with Gasteiger partial charge in [-0.25, -0.2) is 0 Å². The Hall–Kier alpha value is -1.12. The average Bonchev–Trinajstić information content (AvgIpc) is 2.86. The lowest BCUT2D eigenvalue weighted by molar-refractivity contribution is 0.179. The van der Waals surface area contributed by atoms with Crippen molar-refractivity contribution >= 4 is 11.3 Å². The van der Waals surface area contributed by atoms with Crippen molar-refractivity contribution in [2.45, 2.75) is 45.6 Å². The van der Waals surface area contributed by atoms with Gasteiger partial charge in [-0.2, -0.15) is 0 Å². The first-order chi connectivity index (χ1) is 9.10. The van der Waals surface area contributed by atoms with Crippen LogP contribution in [0.2, 0.25) is 0 Å². The van der Waals surface area contributed by atoms with Crippen molar-refractivity contribution in [2.75, 3.05) is 0 Å². The Balaban J connectivity index is 2.04. The minimum absolute atomic E-state index is 0.399. The van der Waals surface area contributed by atoms with Gasteiger partial charge in [-0.1, -0.05) is 45.0 Å². The summed E-state index contributed by atoms with van der Waals surface area (Å²) in [5.41, 5.74) is 2.33. The minimum Gasteiger partial charge on any atom is -0.388 e. The monoisotopic (exact) mass is 274 g/mol. The number of rotatable bonds is 5. The summed E-state index contributed by atoms with van der Waals surface area (Å²) in [7, 11) is 0. The minimum atomic E-state index is -0.399. The van der Waals surface area contributed by atoms with Crippen LogP contribution in [0.5, 0.6) is 0 Å². The normalized spacial score (nSPS) is 12.9. The van der Waals surface area contributed by atoms with Crippen molar-refractivity contribution in [3.8, 4) is 0 Å². The van der Waals surface area contributed by atoms with E-state index in [-0.39, 0.29) is 0 Å². The Bertz CT molecular complexity index is 510. The molecule has 0 radical (unpaired) electrons. The molecule has 0 spiro atoms. The first-order valence-electron chi connectivity index (χ1n) is 6.95. The maximum absolute atomic E-state index is 10.3. The molecule has 1 aromatic heterocycles. The molecular formula is C17H22OS. The zero-order valence-corrected chi connectivity index (χ0v) is 12.7. The lowest BCUT2D eigenvalue weighted by Gasteiger charge is -2.12. The van der Waals surface area contributed by atoms with Crippen LogP contribution in [0, 0.1) is 0 Å². The molecule has 0 bridgehead atoms. The second-order valence-electron chi connectivity index (χ2n) is 5.26. The number of thiophene rings is 1. The molecule has 0 aliphatic carbocycles. The van der Waals surface area contributed by atoms with Gasteiger partial charge in [-0.05, 0) is 35.6 Å². The molecule has 1 aromatic carbocycles. The molecule has 0 aliphatic heterocycles. The van der Waals surface area contributed by atoms with Crippen LogP contribution in [0.4, 0.5) is 0 Å². The van der Waals surface area contributed by atoms with Gasteiger partial charge in [0.2, 0.25) is 0 Å². The third-order valence-electron chi connectivity index (χ3n) is 3.45. The van der Waals surface area contributed by atoms with Crippen molar-refractivity contribution in [3.63, 3.8) is 0 Å². The molecule has 1 unspecified atom stereocenters. The van der Waals surface area contributed by atoms with Crippen LogP contribution in [0.1, 0.15) is 53.7 Å². The molecule has 1 nitrogen and oxygen atoms in total. The first-order valence-corrected chi connectivity index (χ1v) is 7.77. The van der Waals surface area contributed by atoms with Crippen LogP contribution < -0.4 is 0 Å². The van der Waals surface area contributed by atoms with Crippen molar-refractivity contribution < 1.29 is 5.11 Å². The zero-order valence-electron chi connectivity index (χ0n) is 11.9. The molecule has 1 heterocycles. The predicted molar refractivity (Wildman–Crippen MR) is 82.9 cm³/mol. The molecule has 1 atom stereocenters. The Morgan fingerprint density at radius 2 is 1.53 bits per heavy atom. The van der Waals surface area contributed by atoms with Crippen LogP contribution in [-0.2, 0) is 12.8 Å². The molecule has 1 N–H and O–H groups in total. The number of aliphatic hydroxyl groups is 1. The van der Waals surface area contributed by atoms with Crippen molar-refractivity contribution in [2.24, 2.45) is 0 Å². The molecule has 0 saturated heterocycles. The van der Waals surface area contributed by atoms with Crippen molar-refractivity contribution in [1.82, 2.24) is 0 Å². The van der Waals surface area contributed by atoms with Gasteiger partial charge >= 0.3 is 0 Å². The number of hydrogen-bond donors (Lipinski definition) is 1. The van der Waals surface area contributed by atoms with E-state index in [1.54, 1.807) is 11.3 Å². The summed E-state index contributed by atoms with van der Waals surface area (Å²) in [4.78, 5) is 2.65. The van der Waals surface area contributed by atoms with Crippen LogP contribution >= 0.6 is 11.3 Å². The van der Waals surface area contributed by atoms with Gasteiger partial charge in [-0.15, -0.1) is 11.3 Å². The van der Waals surface area contributed by atoms with E-state index in [2.05, 4.69) is 45.0 Å². The Morgan fingerprint density at radius 1 is 0.947 bits per heavy atom. The molecule has 2 rings (SSSR count). The van der Waals surface area contributed by atoms with Gasteiger partial charge in [0.25, 0.3) is 0 Å². The maximum atomic E-state index is 10.3. The Labute approximate surface area is 119 Å². The zero-order chi connectivity index (χ0) is 13.8. The molecule has 0 fully saturated rings. The molecule has 2 heteroatoms. The van der Waals surface area contributed by atoms with Crippen molar-refractivity contribution in [1.29, 1.82) is 0 Å². The molecule has 102 valence electrons. The molecule has 19 heavy (non-hydrogen) atoms. The topological polar surface area (TPSA) is 20.2 Å². The summed E-state index contributed by atoms with van der Waals surface area (Å²) in [6, 6.07) is 12.6. The van der Waals surface area contributed by atoms with Gasteiger partial charge in [0, 0.05) is 16.2 Å². The van der Waals surface area contributed by atoms with Crippen LogP contribution in [0.3, 0.4) is 0 Å². The summed E-state index contributed by atoms with van der Waals surface area (Å²) in [6.45, 7) is 6.53. The molecule has 0 amide bonds. The van der Waals surface area contributed by atoms with E-state index in [1.165, 1.54) is 15.3 Å². The van der Waals surface area contributed by atoms with E-state index in [9.17, 15) is 5.11 Å². The fraction of sp³-hybridized carbons (Fsp3) is 0.412. The SMILES string of the molecule is CCc1ccc(CC(O)c2ccc(C(C)C)cc2)s1. The first kappa shape index (κ1) is 14.3. The van der Waals surface area contributed by atoms with E-state index in [0.29, 0.717) is 12.3 Å². The van der Waals surface area contributed by atoms with E-state index in [4.69, 9.17) is 0 Å². The summed E-state index contributed by atoms with van der Waals surface area (Å²) in [5, 5.41) is 10.3. The highest BCUT2D eigenvalue weighted by Gasteiger charge is 2.10. The largest absolute Gasteiger partial charge is 0.388 e. The highest BCUT2D eigenvalue weighted by Crippen LogP contribution is 2.25. The number of benzene rings is 1. The average molecular weight is 274 g/mol. The predicted octanol–water partition coefficient (Wildman–Crippen LogP) is 4.71. The van der Waals surface area contributed by atoms with Gasteiger partial charge in [-0.3, -0.25) is 0 Å². The Morgan fingerprint density at radius 3 is 2.05 bits per heavy atom. The fourth-order valence-corrected chi connectivity index (χ4v) is 3.13. The molecular weight excluding hydrogens is 252 g/mol. The van der Waals surface area contributed by atoms with Gasteiger partial charge in [0.1, 0.15) is 0 Å². The van der Waals surface area contributed by atoms with Gasteiger partial charge in [0.05, 0.1) is 6.10 Å². The smallest absolute Gasteiger partial charge is 0.0838 e. The lowest BCUT2D eigenvalue weighted by atomic mass is 9.99. The summed E-state index contributed by atoms with van der Waals surface area (Å²) < 4.78 is 0. The van der Waals surface area contributed by atoms with Crippen LogP contribution in [-0.4, -0.2) is 5.11 Å². The summed E-state index contributed by atoms with van der Waals surface area (Å²) in [5.74, 6) is 0.538. The maximum Gasteiger partial charge on any atom is 0.0838 e. The van der Waals surface area contributed by atoms with Crippen LogP contribution in [0.25, 0.3) is 0 Å². The van der Waals surface area contributed by atoms with Crippen LogP contribution in [0.15, 0.2) is 36.4 Å². The van der Waals surface area contributed by atoms with E-state index in [0.717, 1.165) is 12.0 Å². The number of aliphatic hydroxyl groups excluding tert-OH is 1. The number of hydrogen-bond acceptors (Lipinski definition) is 2. The number of aryl methyl sites for hydroxylation is 1. The van der Waals surface area contributed by atoms with Crippen molar-refractivity contribution in [3.05, 3.63) is 57.3 Å². The van der Waals surface area contributed by atoms with Gasteiger partial charge in [0.15, 0.2) is 0 Å². The highest BCUT2D eigenvalue weighted by atomic mass is 32.1. The third-order valence-corrected chi connectivity index (χ3v) is 4.70. The quantitative estimate of drug-likeness (QED) is 0.837. The standard InChI is InChI=1S/C17H22OS/c1-4-15-9-10-16(19-15)11-17(18)14-7-5-13(6-8-14)12(2)3/h5-10,12,17-18H,4,11H2,1-3H3. The second-order valence-corrected chi connectivity index (χ2v) is 6.52. The molecule has 0 aliphatic rings. The highest BCUT2D eigenvalue weighted by molar-refractivity contribution is 7.11. The van der Waals surface area contributed by atoms with Gasteiger partial charge < -0.3 is 5.11 Å².